The van der Waals surface area contributed by atoms with Crippen LogP contribution in [0, 0.1) is 11.3 Å². The number of hydrogen-bond acceptors (Lipinski definition) is 1. The molecule has 0 heterocycles. The maximum Gasteiger partial charge on any atom is 0.417 e. The first-order valence-electron chi connectivity index (χ1n) is 6.81. The van der Waals surface area contributed by atoms with E-state index in [1.165, 1.54) is 12.1 Å². The molecule has 21 heavy (non-hydrogen) atoms. The van der Waals surface area contributed by atoms with Gasteiger partial charge in [-0.1, -0.05) is 29.8 Å². The van der Waals surface area contributed by atoms with E-state index in [4.69, 9.17) is 0 Å². The van der Waals surface area contributed by atoms with Crippen molar-refractivity contribution >= 4 is 21.8 Å². The predicted molar refractivity (Wildman–Crippen MR) is 78.0 cm³/mol. The van der Waals surface area contributed by atoms with Crippen LogP contribution >= 0.6 is 15.9 Å². The van der Waals surface area contributed by atoms with Crippen molar-refractivity contribution < 1.29 is 18.0 Å². The number of hydrogen-bond donors (Lipinski definition) is 1. The molecule has 2 nitrogen and oxygen atoms in total. The highest BCUT2D eigenvalue weighted by molar-refractivity contribution is 9.10. The van der Waals surface area contributed by atoms with Crippen molar-refractivity contribution in [3.8, 4) is 0 Å². The number of amides is 1. The van der Waals surface area contributed by atoms with Gasteiger partial charge in [0.25, 0.3) is 5.91 Å². The number of halogens is 4. The maximum absolute atomic E-state index is 12.8. The minimum absolute atomic E-state index is 0.0325. The normalized spacial score (nSPS) is 16.9. The van der Waals surface area contributed by atoms with E-state index >= 15 is 0 Å². The average molecular weight is 364 g/mol. The molecule has 0 unspecified atom stereocenters. The molecule has 6 heteroatoms. The zero-order chi connectivity index (χ0) is 15.8. The summed E-state index contributed by atoms with van der Waals surface area (Å²) in [6.45, 7) is 4.71. The molecule has 1 aliphatic carbocycles. The Bertz CT molecular complexity index is 550. The lowest BCUT2D eigenvalue weighted by atomic mass is 9.92. The molecule has 2 rings (SSSR count). The van der Waals surface area contributed by atoms with Crippen LogP contribution in [0.3, 0.4) is 0 Å². The fraction of sp³-hybridized carbons (Fsp3) is 0.533. The molecule has 0 radical (unpaired) electrons. The molecule has 1 fully saturated rings. The van der Waals surface area contributed by atoms with E-state index in [1.54, 1.807) is 0 Å². The third-order valence-corrected chi connectivity index (χ3v) is 4.94. The van der Waals surface area contributed by atoms with Crippen LogP contribution in [0.25, 0.3) is 0 Å². The molecule has 1 aromatic carbocycles. The van der Waals surface area contributed by atoms with Crippen molar-refractivity contribution in [2.45, 2.75) is 32.9 Å². The lowest BCUT2D eigenvalue weighted by molar-refractivity contribution is -0.138. The number of carbonyl (C=O) groups excluding carboxylic acids is 1. The highest BCUT2D eigenvalue weighted by atomic mass is 79.9. The standard InChI is InChI=1S/C15H17BrF3NO/c1-9(2)14(5-6-14)8-20-13(21)10-3-4-12(16)11(7-10)15(17,18)19/h3-4,7,9H,5-6,8H2,1-2H3,(H,20,21). The molecule has 116 valence electrons. The van der Waals surface area contributed by atoms with Crippen LogP contribution in [0.4, 0.5) is 13.2 Å². The maximum atomic E-state index is 12.8. The van der Waals surface area contributed by atoms with Gasteiger partial charge in [-0.15, -0.1) is 0 Å². The third-order valence-electron chi connectivity index (χ3n) is 4.25. The van der Waals surface area contributed by atoms with Crippen molar-refractivity contribution in [1.29, 1.82) is 0 Å². The summed E-state index contributed by atoms with van der Waals surface area (Å²) in [5, 5.41) is 2.76. The Morgan fingerprint density at radius 1 is 1.38 bits per heavy atom. The summed E-state index contributed by atoms with van der Waals surface area (Å²) in [7, 11) is 0. The zero-order valence-corrected chi connectivity index (χ0v) is 13.4. The van der Waals surface area contributed by atoms with E-state index in [0.29, 0.717) is 12.5 Å². The summed E-state index contributed by atoms with van der Waals surface area (Å²) in [6, 6.07) is 3.53. The first kappa shape index (κ1) is 16.3. The smallest absolute Gasteiger partial charge is 0.351 e. The summed E-state index contributed by atoms with van der Waals surface area (Å²) in [6.07, 6.45) is -2.37. The number of benzene rings is 1. The van der Waals surface area contributed by atoms with E-state index in [0.717, 1.165) is 18.9 Å². The molecule has 0 aliphatic heterocycles. The van der Waals surface area contributed by atoms with Gasteiger partial charge < -0.3 is 5.32 Å². The van der Waals surface area contributed by atoms with Crippen molar-refractivity contribution in [2.24, 2.45) is 11.3 Å². The van der Waals surface area contributed by atoms with Crippen LogP contribution in [-0.4, -0.2) is 12.5 Å². The fourth-order valence-electron chi connectivity index (χ4n) is 2.36. The van der Waals surface area contributed by atoms with Crippen LogP contribution in [0.2, 0.25) is 0 Å². The second-order valence-electron chi connectivity index (χ2n) is 5.89. The van der Waals surface area contributed by atoms with Crippen LogP contribution < -0.4 is 5.32 Å². The third kappa shape index (κ3) is 3.59. The highest BCUT2D eigenvalue weighted by Gasteiger charge is 2.45. The number of nitrogens with one attached hydrogen (secondary N) is 1. The first-order chi connectivity index (χ1) is 9.66. The Morgan fingerprint density at radius 3 is 2.48 bits per heavy atom. The van der Waals surface area contributed by atoms with Gasteiger partial charge in [0.15, 0.2) is 0 Å². The van der Waals surface area contributed by atoms with E-state index in [9.17, 15) is 18.0 Å². The van der Waals surface area contributed by atoms with Gasteiger partial charge in [0, 0.05) is 16.6 Å². The Kier molecular flexibility index (Phi) is 4.38. The molecule has 1 aromatic rings. The molecule has 1 amide bonds. The molecule has 0 atom stereocenters. The Morgan fingerprint density at radius 2 is 2.00 bits per heavy atom. The summed E-state index contributed by atoms with van der Waals surface area (Å²) in [5.41, 5.74) is -0.678. The Balaban J connectivity index is 2.10. The van der Waals surface area contributed by atoms with Gasteiger partial charge in [-0.2, -0.15) is 13.2 Å². The van der Waals surface area contributed by atoms with Crippen molar-refractivity contribution in [1.82, 2.24) is 5.32 Å². The molecule has 0 bridgehead atoms. The second kappa shape index (κ2) is 5.63. The van der Waals surface area contributed by atoms with Crippen LogP contribution in [-0.2, 0) is 6.18 Å². The quantitative estimate of drug-likeness (QED) is 0.829. The lowest BCUT2D eigenvalue weighted by Gasteiger charge is -2.20. The van der Waals surface area contributed by atoms with Crippen molar-refractivity contribution in [3.63, 3.8) is 0 Å². The van der Waals surface area contributed by atoms with E-state index in [-0.39, 0.29) is 15.5 Å². The number of alkyl halides is 3. The van der Waals surface area contributed by atoms with Gasteiger partial charge >= 0.3 is 6.18 Å². The fourth-order valence-corrected chi connectivity index (χ4v) is 2.83. The van der Waals surface area contributed by atoms with Crippen molar-refractivity contribution in [2.75, 3.05) is 6.54 Å². The second-order valence-corrected chi connectivity index (χ2v) is 6.75. The monoisotopic (exact) mass is 363 g/mol. The first-order valence-corrected chi connectivity index (χ1v) is 7.60. The van der Waals surface area contributed by atoms with Gasteiger partial charge in [0.1, 0.15) is 0 Å². The summed E-state index contributed by atoms with van der Waals surface area (Å²) in [5.74, 6) is -0.00613. The van der Waals surface area contributed by atoms with Gasteiger partial charge in [-0.3, -0.25) is 4.79 Å². The highest BCUT2D eigenvalue weighted by Crippen LogP contribution is 2.51. The molecule has 1 aliphatic rings. The van der Waals surface area contributed by atoms with E-state index in [1.807, 2.05) is 0 Å². The minimum atomic E-state index is -4.48. The summed E-state index contributed by atoms with van der Waals surface area (Å²) in [4.78, 5) is 12.0. The number of carbonyl (C=O) groups is 1. The Hall–Kier alpha value is -1.04. The summed E-state index contributed by atoms with van der Waals surface area (Å²) >= 11 is 2.86. The Labute approximate surface area is 130 Å². The lowest BCUT2D eigenvalue weighted by Crippen LogP contribution is -2.32. The van der Waals surface area contributed by atoms with Gasteiger partial charge in [-0.25, -0.2) is 0 Å². The van der Waals surface area contributed by atoms with Crippen LogP contribution in [0.5, 0.6) is 0 Å². The number of rotatable bonds is 4. The molecule has 0 saturated heterocycles. The van der Waals surface area contributed by atoms with Crippen molar-refractivity contribution in [3.05, 3.63) is 33.8 Å². The van der Waals surface area contributed by atoms with Crippen LogP contribution in [0.15, 0.2) is 22.7 Å². The average Bonchev–Trinajstić information content (AvgIpc) is 3.16. The zero-order valence-electron chi connectivity index (χ0n) is 11.9. The molecular formula is C15H17BrF3NO. The van der Waals surface area contributed by atoms with Gasteiger partial charge in [-0.05, 0) is 42.4 Å². The molecular weight excluding hydrogens is 347 g/mol. The van der Waals surface area contributed by atoms with E-state index in [2.05, 4.69) is 35.1 Å². The summed E-state index contributed by atoms with van der Waals surface area (Å²) < 4.78 is 38.4. The SMILES string of the molecule is CC(C)C1(CNC(=O)c2ccc(Br)c(C(F)(F)F)c2)CC1. The molecule has 0 spiro atoms. The topological polar surface area (TPSA) is 29.1 Å². The van der Waals surface area contributed by atoms with Gasteiger partial charge in [0.05, 0.1) is 5.56 Å². The predicted octanol–water partition coefficient (Wildman–Crippen LogP) is 4.63. The minimum Gasteiger partial charge on any atom is -0.351 e. The molecule has 1 N–H and O–H groups in total. The largest absolute Gasteiger partial charge is 0.417 e. The van der Waals surface area contributed by atoms with Gasteiger partial charge in [0.2, 0.25) is 0 Å². The van der Waals surface area contributed by atoms with E-state index < -0.39 is 17.6 Å². The molecule has 0 aromatic heterocycles. The van der Waals surface area contributed by atoms with Crippen LogP contribution in [0.1, 0.15) is 42.6 Å². The molecule has 1 saturated carbocycles.